The summed E-state index contributed by atoms with van der Waals surface area (Å²) in [6.07, 6.45) is 1.75. The summed E-state index contributed by atoms with van der Waals surface area (Å²) in [4.78, 5) is 12.2. The van der Waals surface area contributed by atoms with Crippen molar-refractivity contribution in [1.29, 1.82) is 0 Å². The van der Waals surface area contributed by atoms with Gasteiger partial charge < -0.3 is 20.1 Å². The fraction of sp³-hybridized carbons (Fsp3) is 0.381. The lowest BCUT2D eigenvalue weighted by Gasteiger charge is -2.15. The number of nitrogens with one attached hydrogen (secondary N) is 2. The van der Waals surface area contributed by atoms with Crippen molar-refractivity contribution in [3.05, 3.63) is 53.1 Å². The molecule has 0 aliphatic rings. The summed E-state index contributed by atoms with van der Waals surface area (Å²) in [5.74, 6) is 1.36. The average molecular weight is 356 g/mol. The molecule has 0 radical (unpaired) electrons. The van der Waals surface area contributed by atoms with Gasteiger partial charge in [-0.3, -0.25) is 0 Å². The van der Waals surface area contributed by atoms with Gasteiger partial charge >= 0.3 is 6.03 Å². The number of carbonyl (C=O) groups excluding carboxylic acids is 1. The Balaban J connectivity index is 1.87. The van der Waals surface area contributed by atoms with Crippen LogP contribution in [0.25, 0.3) is 0 Å². The van der Waals surface area contributed by atoms with E-state index in [2.05, 4.69) is 24.5 Å². The maximum atomic E-state index is 12.2. The number of hydrogen-bond donors (Lipinski definition) is 2. The molecule has 5 nitrogen and oxygen atoms in total. The average Bonchev–Trinajstić information content (AvgIpc) is 2.66. The SMILES string of the molecule is CCc1cccc(CC)c1NC(=O)NCCOc1ccc(C)cc1OC. The molecule has 26 heavy (non-hydrogen) atoms. The number of benzene rings is 2. The highest BCUT2D eigenvalue weighted by Crippen LogP contribution is 2.27. The fourth-order valence-corrected chi connectivity index (χ4v) is 2.78. The minimum atomic E-state index is -0.222. The molecular weight excluding hydrogens is 328 g/mol. The van der Waals surface area contributed by atoms with Gasteiger partial charge in [-0.05, 0) is 48.6 Å². The van der Waals surface area contributed by atoms with Gasteiger partial charge in [-0.1, -0.05) is 38.1 Å². The second-order valence-electron chi connectivity index (χ2n) is 6.04. The molecule has 2 amide bonds. The van der Waals surface area contributed by atoms with Crippen LogP contribution in [0, 0.1) is 6.92 Å². The molecule has 0 atom stereocenters. The Labute approximate surface area is 155 Å². The molecule has 0 aliphatic heterocycles. The van der Waals surface area contributed by atoms with Crippen molar-refractivity contribution >= 4 is 11.7 Å². The third-order valence-electron chi connectivity index (χ3n) is 4.20. The molecule has 2 aromatic rings. The summed E-state index contributed by atoms with van der Waals surface area (Å²) >= 11 is 0. The summed E-state index contributed by atoms with van der Waals surface area (Å²) in [7, 11) is 1.61. The number of urea groups is 1. The van der Waals surface area contributed by atoms with E-state index in [0.717, 1.165) is 35.2 Å². The second-order valence-corrected chi connectivity index (χ2v) is 6.04. The number of hydrogen-bond acceptors (Lipinski definition) is 3. The Hall–Kier alpha value is -2.69. The fourth-order valence-electron chi connectivity index (χ4n) is 2.78. The lowest BCUT2D eigenvalue weighted by atomic mass is 10.0. The number of methoxy groups -OCH3 is 1. The first-order valence-electron chi connectivity index (χ1n) is 9.02. The summed E-state index contributed by atoms with van der Waals surface area (Å²) in [6, 6.07) is 11.7. The van der Waals surface area contributed by atoms with Gasteiger partial charge in [0.25, 0.3) is 0 Å². The zero-order valence-electron chi connectivity index (χ0n) is 16.0. The second kappa shape index (κ2) is 9.70. The molecule has 5 heteroatoms. The molecule has 0 bridgehead atoms. The van der Waals surface area contributed by atoms with Crippen LogP contribution < -0.4 is 20.1 Å². The first-order chi connectivity index (χ1) is 12.6. The molecule has 0 unspecified atom stereocenters. The highest BCUT2D eigenvalue weighted by Gasteiger charge is 2.10. The van der Waals surface area contributed by atoms with Gasteiger partial charge in [-0.2, -0.15) is 0 Å². The van der Waals surface area contributed by atoms with Gasteiger partial charge in [0, 0.05) is 5.69 Å². The smallest absolute Gasteiger partial charge is 0.319 e. The maximum Gasteiger partial charge on any atom is 0.319 e. The molecular formula is C21H28N2O3. The predicted octanol–water partition coefficient (Wildman–Crippen LogP) is 4.33. The van der Waals surface area contributed by atoms with E-state index >= 15 is 0 Å². The molecule has 0 aromatic heterocycles. The molecule has 2 aromatic carbocycles. The number of carbonyl (C=O) groups is 1. The minimum absolute atomic E-state index is 0.222. The van der Waals surface area contributed by atoms with Crippen LogP contribution in [0.5, 0.6) is 11.5 Å². The van der Waals surface area contributed by atoms with Crippen molar-refractivity contribution in [2.45, 2.75) is 33.6 Å². The number of ether oxygens (including phenoxy) is 2. The maximum absolute atomic E-state index is 12.2. The van der Waals surface area contributed by atoms with Crippen LogP contribution in [-0.2, 0) is 12.8 Å². The van der Waals surface area contributed by atoms with Crippen molar-refractivity contribution in [2.75, 3.05) is 25.6 Å². The van der Waals surface area contributed by atoms with Crippen molar-refractivity contribution in [3.8, 4) is 11.5 Å². The van der Waals surface area contributed by atoms with E-state index in [1.54, 1.807) is 7.11 Å². The summed E-state index contributed by atoms with van der Waals surface area (Å²) in [6.45, 7) is 6.93. The van der Waals surface area contributed by atoms with Gasteiger partial charge in [0.1, 0.15) is 6.61 Å². The van der Waals surface area contributed by atoms with Crippen LogP contribution >= 0.6 is 0 Å². The van der Waals surface area contributed by atoms with E-state index < -0.39 is 0 Å². The third kappa shape index (κ3) is 5.15. The van der Waals surface area contributed by atoms with E-state index in [4.69, 9.17) is 9.47 Å². The molecule has 2 rings (SSSR count). The first kappa shape index (κ1) is 19.6. The Bertz CT molecular complexity index is 722. The summed E-state index contributed by atoms with van der Waals surface area (Å²) in [5.41, 5.74) is 4.30. The lowest BCUT2D eigenvalue weighted by molar-refractivity contribution is 0.246. The standard InChI is InChI=1S/C21H28N2O3/c1-5-16-8-7-9-17(6-2)20(16)23-21(24)22-12-13-26-18-11-10-15(3)14-19(18)25-4/h7-11,14H,5-6,12-13H2,1-4H3,(H2,22,23,24). The summed E-state index contributed by atoms with van der Waals surface area (Å²) < 4.78 is 11.0. The first-order valence-corrected chi connectivity index (χ1v) is 9.02. The van der Waals surface area contributed by atoms with Gasteiger partial charge in [-0.15, -0.1) is 0 Å². The molecule has 0 saturated heterocycles. The van der Waals surface area contributed by atoms with E-state index in [-0.39, 0.29) is 6.03 Å². The zero-order valence-corrected chi connectivity index (χ0v) is 16.0. The molecule has 0 spiro atoms. The number of rotatable bonds is 8. The quantitative estimate of drug-likeness (QED) is 0.692. The lowest BCUT2D eigenvalue weighted by Crippen LogP contribution is -2.32. The number of anilines is 1. The molecule has 0 aliphatic carbocycles. The Morgan fingerprint density at radius 2 is 1.73 bits per heavy atom. The van der Waals surface area contributed by atoms with Crippen LogP contribution in [0.1, 0.15) is 30.5 Å². The van der Waals surface area contributed by atoms with E-state index in [0.29, 0.717) is 24.7 Å². The molecule has 0 heterocycles. The normalized spacial score (nSPS) is 10.3. The number of amides is 2. The number of aryl methyl sites for hydroxylation is 3. The summed E-state index contributed by atoms with van der Waals surface area (Å²) in [5, 5.41) is 5.82. The van der Waals surface area contributed by atoms with Gasteiger partial charge in [0.2, 0.25) is 0 Å². The Kier molecular flexibility index (Phi) is 7.33. The highest BCUT2D eigenvalue weighted by atomic mass is 16.5. The van der Waals surface area contributed by atoms with Gasteiger partial charge in [0.15, 0.2) is 11.5 Å². The van der Waals surface area contributed by atoms with Crippen molar-refractivity contribution in [3.63, 3.8) is 0 Å². The number of para-hydroxylation sites is 1. The molecule has 0 saturated carbocycles. The largest absolute Gasteiger partial charge is 0.493 e. The van der Waals surface area contributed by atoms with Crippen LogP contribution in [0.2, 0.25) is 0 Å². The Morgan fingerprint density at radius 1 is 1.04 bits per heavy atom. The van der Waals surface area contributed by atoms with E-state index in [1.807, 2.05) is 43.3 Å². The van der Waals surface area contributed by atoms with Gasteiger partial charge in [0.05, 0.1) is 13.7 Å². The van der Waals surface area contributed by atoms with Crippen molar-refractivity contribution in [2.24, 2.45) is 0 Å². The Morgan fingerprint density at radius 3 is 2.35 bits per heavy atom. The van der Waals surface area contributed by atoms with Crippen LogP contribution in [0.4, 0.5) is 10.5 Å². The molecule has 2 N–H and O–H groups in total. The molecule has 140 valence electrons. The van der Waals surface area contributed by atoms with Gasteiger partial charge in [-0.25, -0.2) is 4.79 Å². The van der Waals surface area contributed by atoms with Crippen LogP contribution in [0.15, 0.2) is 36.4 Å². The highest BCUT2D eigenvalue weighted by molar-refractivity contribution is 5.91. The third-order valence-corrected chi connectivity index (χ3v) is 4.20. The van der Waals surface area contributed by atoms with Crippen molar-refractivity contribution in [1.82, 2.24) is 5.32 Å². The van der Waals surface area contributed by atoms with Crippen molar-refractivity contribution < 1.29 is 14.3 Å². The van der Waals surface area contributed by atoms with Crippen LogP contribution in [-0.4, -0.2) is 26.3 Å². The predicted molar refractivity (Wildman–Crippen MR) is 105 cm³/mol. The molecule has 0 fully saturated rings. The zero-order chi connectivity index (χ0) is 18.9. The topological polar surface area (TPSA) is 59.6 Å². The minimum Gasteiger partial charge on any atom is -0.493 e. The van der Waals surface area contributed by atoms with E-state index in [9.17, 15) is 4.79 Å². The van der Waals surface area contributed by atoms with E-state index in [1.165, 1.54) is 0 Å². The van der Waals surface area contributed by atoms with Crippen LogP contribution in [0.3, 0.4) is 0 Å². The monoisotopic (exact) mass is 356 g/mol.